The molecule has 2 heterocycles. The smallest absolute Gasteiger partial charge is 0.246 e. The highest BCUT2D eigenvalue weighted by Gasteiger charge is 2.30. The highest BCUT2D eigenvalue weighted by atomic mass is 35.5. The van der Waals surface area contributed by atoms with Crippen LogP contribution >= 0.6 is 11.6 Å². The molecule has 5 nitrogen and oxygen atoms in total. The van der Waals surface area contributed by atoms with Crippen molar-refractivity contribution in [1.29, 1.82) is 0 Å². The van der Waals surface area contributed by atoms with Crippen LogP contribution in [-0.4, -0.2) is 55.3 Å². The number of piperazine rings is 1. The van der Waals surface area contributed by atoms with Gasteiger partial charge in [-0.15, -0.1) is 0 Å². The van der Waals surface area contributed by atoms with Gasteiger partial charge in [0, 0.05) is 32.4 Å². The third kappa shape index (κ3) is 4.16. The van der Waals surface area contributed by atoms with Crippen LogP contribution in [0.3, 0.4) is 0 Å². The van der Waals surface area contributed by atoms with Gasteiger partial charge in [0.05, 0.1) is 0 Å². The normalized spacial score (nSPS) is 18.3. The molecule has 21 heavy (non-hydrogen) atoms. The SMILES string of the molecule is CC(C)CCN1CCN(S(=O)(=O)c2cccnc2Cl)CC1. The summed E-state index contributed by atoms with van der Waals surface area (Å²) in [5.41, 5.74) is 0. The molecular formula is C14H22ClN3O2S. The second kappa shape index (κ2) is 7.05. The van der Waals surface area contributed by atoms with Gasteiger partial charge in [0.15, 0.2) is 0 Å². The molecule has 1 aliphatic rings. The molecular weight excluding hydrogens is 310 g/mol. The Morgan fingerprint density at radius 3 is 2.52 bits per heavy atom. The first-order chi connectivity index (χ1) is 9.91. The van der Waals surface area contributed by atoms with Gasteiger partial charge in [-0.2, -0.15) is 4.31 Å². The van der Waals surface area contributed by atoms with Crippen LogP contribution in [0.2, 0.25) is 5.15 Å². The Morgan fingerprint density at radius 2 is 1.95 bits per heavy atom. The van der Waals surface area contributed by atoms with Crippen LogP contribution in [0.1, 0.15) is 20.3 Å². The first kappa shape index (κ1) is 16.7. The number of nitrogens with zero attached hydrogens (tertiary/aromatic N) is 3. The molecule has 0 bridgehead atoms. The van der Waals surface area contributed by atoms with Gasteiger partial charge >= 0.3 is 0 Å². The minimum atomic E-state index is -3.54. The molecule has 0 N–H and O–H groups in total. The summed E-state index contributed by atoms with van der Waals surface area (Å²) >= 11 is 5.91. The molecule has 0 atom stereocenters. The van der Waals surface area contributed by atoms with Crippen molar-refractivity contribution in [3.63, 3.8) is 0 Å². The molecule has 1 saturated heterocycles. The van der Waals surface area contributed by atoms with E-state index in [0.29, 0.717) is 19.0 Å². The van der Waals surface area contributed by atoms with E-state index < -0.39 is 10.0 Å². The monoisotopic (exact) mass is 331 g/mol. The van der Waals surface area contributed by atoms with Crippen LogP contribution in [0, 0.1) is 5.92 Å². The van der Waals surface area contributed by atoms with Gasteiger partial charge in [0.2, 0.25) is 10.0 Å². The second-order valence-electron chi connectivity index (χ2n) is 5.72. The summed E-state index contributed by atoms with van der Waals surface area (Å²) < 4.78 is 26.6. The number of sulfonamides is 1. The largest absolute Gasteiger partial charge is 0.301 e. The molecule has 1 aliphatic heterocycles. The summed E-state index contributed by atoms with van der Waals surface area (Å²) in [6, 6.07) is 3.10. The minimum absolute atomic E-state index is 0.0414. The van der Waals surface area contributed by atoms with Crippen molar-refractivity contribution in [2.24, 2.45) is 5.92 Å². The third-order valence-electron chi connectivity index (χ3n) is 3.70. The molecule has 0 spiro atoms. The maximum Gasteiger partial charge on any atom is 0.246 e. The molecule has 7 heteroatoms. The fraction of sp³-hybridized carbons (Fsp3) is 0.643. The summed E-state index contributed by atoms with van der Waals surface area (Å²) in [4.78, 5) is 6.27. The zero-order valence-electron chi connectivity index (χ0n) is 12.5. The van der Waals surface area contributed by atoms with E-state index in [-0.39, 0.29) is 10.0 Å². The molecule has 0 aromatic carbocycles. The lowest BCUT2D eigenvalue weighted by Crippen LogP contribution is -2.48. The summed E-state index contributed by atoms with van der Waals surface area (Å²) in [7, 11) is -3.54. The van der Waals surface area contributed by atoms with Crippen molar-refractivity contribution >= 4 is 21.6 Å². The average Bonchev–Trinajstić information content (AvgIpc) is 2.46. The third-order valence-corrected chi connectivity index (χ3v) is 6.04. The zero-order valence-corrected chi connectivity index (χ0v) is 14.1. The van der Waals surface area contributed by atoms with Crippen LogP contribution in [0.15, 0.2) is 23.2 Å². The second-order valence-corrected chi connectivity index (χ2v) is 7.98. The van der Waals surface area contributed by atoms with Gasteiger partial charge < -0.3 is 4.90 Å². The van der Waals surface area contributed by atoms with Crippen LogP contribution in [0.5, 0.6) is 0 Å². The van der Waals surface area contributed by atoms with Gasteiger partial charge in [-0.3, -0.25) is 0 Å². The number of aromatic nitrogens is 1. The fourth-order valence-electron chi connectivity index (χ4n) is 2.34. The van der Waals surface area contributed by atoms with Gasteiger partial charge in [0.25, 0.3) is 0 Å². The molecule has 0 saturated carbocycles. The first-order valence-electron chi connectivity index (χ1n) is 7.24. The molecule has 1 fully saturated rings. The number of pyridine rings is 1. The summed E-state index contributed by atoms with van der Waals surface area (Å²) in [5, 5.41) is 0.0414. The van der Waals surface area contributed by atoms with Crippen LogP contribution in [-0.2, 0) is 10.0 Å². The van der Waals surface area contributed by atoms with Crippen molar-refractivity contribution in [1.82, 2.24) is 14.2 Å². The van der Waals surface area contributed by atoms with Crippen molar-refractivity contribution in [2.45, 2.75) is 25.2 Å². The zero-order chi connectivity index (χ0) is 15.5. The maximum absolute atomic E-state index is 12.6. The van der Waals surface area contributed by atoms with E-state index in [9.17, 15) is 8.42 Å². The molecule has 1 aromatic rings. The van der Waals surface area contributed by atoms with E-state index in [0.717, 1.165) is 26.1 Å². The fourth-order valence-corrected chi connectivity index (χ4v) is 4.19. The standard InChI is InChI=1S/C14H22ClN3O2S/c1-12(2)5-7-17-8-10-18(11-9-17)21(19,20)13-4-3-6-16-14(13)15/h3-4,6,12H,5,7-11H2,1-2H3. The predicted octanol–water partition coefficient (Wildman–Crippen LogP) is 2.09. The molecule has 1 aromatic heterocycles. The Balaban J connectivity index is 2.00. The quantitative estimate of drug-likeness (QED) is 0.775. The highest BCUT2D eigenvalue weighted by molar-refractivity contribution is 7.89. The Labute approximate surface area is 132 Å². The van der Waals surface area contributed by atoms with E-state index in [2.05, 4.69) is 23.7 Å². The minimum Gasteiger partial charge on any atom is -0.301 e. The Bertz CT molecular complexity index is 569. The number of hydrogen-bond donors (Lipinski definition) is 0. The number of hydrogen-bond acceptors (Lipinski definition) is 4. The lowest BCUT2D eigenvalue weighted by molar-refractivity contribution is 0.180. The van der Waals surface area contributed by atoms with Crippen molar-refractivity contribution < 1.29 is 8.42 Å². The molecule has 0 aliphatic carbocycles. The Morgan fingerprint density at radius 1 is 1.29 bits per heavy atom. The van der Waals surface area contributed by atoms with Gasteiger partial charge in [-0.05, 0) is 31.0 Å². The van der Waals surface area contributed by atoms with E-state index in [1.807, 2.05) is 0 Å². The van der Waals surface area contributed by atoms with Crippen LogP contribution in [0.25, 0.3) is 0 Å². The first-order valence-corrected chi connectivity index (χ1v) is 9.06. The highest BCUT2D eigenvalue weighted by Crippen LogP contribution is 2.23. The van der Waals surface area contributed by atoms with Gasteiger partial charge in [0.1, 0.15) is 10.0 Å². The Hall–Kier alpha value is -0.690. The van der Waals surface area contributed by atoms with Gasteiger partial charge in [-0.1, -0.05) is 25.4 Å². The molecule has 0 unspecified atom stereocenters. The lowest BCUT2D eigenvalue weighted by atomic mass is 10.1. The molecule has 2 rings (SSSR count). The van der Waals surface area contributed by atoms with Crippen molar-refractivity contribution in [3.05, 3.63) is 23.5 Å². The molecule has 0 amide bonds. The van der Waals surface area contributed by atoms with E-state index in [4.69, 9.17) is 11.6 Å². The Kier molecular flexibility index (Phi) is 5.60. The lowest BCUT2D eigenvalue weighted by Gasteiger charge is -2.34. The van der Waals surface area contributed by atoms with Crippen molar-refractivity contribution in [2.75, 3.05) is 32.7 Å². The van der Waals surface area contributed by atoms with Crippen LogP contribution in [0.4, 0.5) is 0 Å². The van der Waals surface area contributed by atoms with E-state index in [1.165, 1.54) is 16.6 Å². The summed E-state index contributed by atoms with van der Waals surface area (Å²) in [6.07, 6.45) is 2.63. The summed E-state index contributed by atoms with van der Waals surface area (Å²) in [6.45, 7) is 7.97. The maximum atomic E-state index is 12.6. The van der Waals surface area contributed by atoms with E-state index in [1.54, 1.807) is 6.07 Å². The molecule has 118 valence electrons. The van der Waals surface area contributed by atoms with E-state index >= 15 is 0 Å². The number of halogens is 1. The predicted molar refractivity (Wildman–Crippen MR) is 83.9 cm³/mol. The van der Waals surface area contributed by atoms with Crippen LogP contribution < -0.4 is 0 Å². The average molecular weight is 332 g/mol. The number of rotatable bonds is 5. The molecule has 0 radical (unpaired) electrons. The summed E-state index contributed by atoms with van der Waals surface area (Å²) in [5.74, 6) is 0.668. The topological polar surface area (TPSA) is 53.5 Å². The van der Waals surface area contributed by atoms with Gasteiger partial charge in [-0.25, -0.2) is 13.4 Å². The van der Waals surface area contributed by atoms with Crippen molar-refractivity contribution in [3.8, 4) is 0 Å².